The Kier molecular flexibility index (Phi) is 4.10. The van der Waals surface area contributed by atoms with Crippen LogP contribution in [-0.4, -0.2) is 25.6 Å². The minimum atomic E-state index is -0.331. The van der Waals surface area contributed by atoms with Gasteiger partial charge in [-0.25, -0.2) is 9.97 Å². The summed E-state index contributed by atoms with van der Waals surface area (Å²) in [6, 6.07) is 23.1. The second-order valence-electron chi connectivity index (χ2n) is 6.44. The van der Waals surface area contributed by atoms with Crippen LogP contribution in [0.1, 0.15) is 5.69 Å². The fourth-order valence-electron chi connectivity index (χ4n) is 3.21. The normalized spacial score (nSPS) is 11.4. The van der Waals surface area contributed by atoms with Crippen LogP contribution >= 0.6 is 0 Å². The second kappa shape index (κ2) is 7.05. The number of H-pyrrole nitrogens is 1. The van der Waals surface area contributed by atoms with Gasteiger partial charge in [0.15, 0.2) is 0 Å². The molecule has 0 aliphatic heterocycles. The highest BCUT2D eigenvalue weighted by Gasteiger charge is 2.12. The van der Waals surface area contributed by atoms with Crippen molar-refractivity contribution >= 4 is 28.7 Å². The topological polar surface area (TPSA) is 87.4 Å². The molecule has 140 valence electrons. The first-order valence-electron chi connectivity index (χ1n) is 9.10. The third-order valence-corrected chi connectivity index (χ3v) is 4.57. The fourth-order valence-corrected chi connectivity index (χ4v) is 3.21. The fraction of sp³-hybridized carbons (Fsp3) is 0. The number of nitrogens with zero attached hydrogens (tertiary/aromatic N) is 4. The summed E-state index contributed by atoms with van der Waals surface area (Å²) in [5.74, 6) is 0.134. The van der Waals surface area contributed by atoms with Gasteiger partial charge in [0.1, 0.15) is 5.65 Å². The summed E-state index contributed by atoms with van der Waals surface area (Å²) in [4.78, 5) is 24.1. The largest absolute Gasteiger partial charge is 0.317 e. The zero-order chi connectivity index (χ0) is 19.6. The molecule has 5 rings (SSSR count). The Morgan fingerprint density at radius 2 is 1.72 bits per heavy atom. The van der Waals surface area contributed by atoms with Gasteiger partial charge in [-0.3, -0.25) is 14.6 Å². The van der Waals surface area contributed by atoms with E-state index in [1.165, 1.54) is 0 Å². The molecule has 0 saturated carbocycles. The lowest BCUT2D eigenvalue weighted by Crippen LogP contribution is -2.13. The van der Waals surface area contributed by atoms with Crippen molar-refractivity contribution in [2.75, 3.05) is 5.43 Å². The first-order chi connectivity index (χ1) is 14.3. The molecule has 0 aliphatic rings. The van der Waals surface area contributed by atoms with Crippen LogP contribution in [-0.2, 0) is 0 Å². The van der Waals surface area contributed by atoms with Crippen LogP contribution in [0.4, 0.5) is 5.82 Å². The molecule has 2 N–H and O–H groups in total. The van der Waals surface area contributed by atoms with Crippen molar-refractivity contribution in [1.82, 2.24) is 19.4 Å². The highest BCUT2D eigenvalue weighted by molar-refractivity contribution is 5.89. The van der Waals surface area contributed by atoms with Gasteiger partial charge in [0, 0.05) is 11.8 Å². The van der Waals surface area contributed by atoms with E-state index in [9.17, 15) is 4.79 Å². The standard InChI is InChI=1S/C22H16N6O/c29-22-21(24-16-10-4-5-11-17(16)25-22)27-23-14-18-20(15-8-2-1-3-9-15)26-19-12-6-7-13-28(18)19/h1-14H,(H,24,27)(H,25,29)/b23-14+. The van der Waals surface area contributed by atoms with Gasteiger partial charge in [0.25, 0.3) is 5.56 Å². The smallest absolute Gasteiger partial charge is 0.293 e. The summed E-state index contributed by atoms with van der Waals surface area (Å²) >= 11 is 0. The zero-order valence-corrected chi connectivity index (χ0v) is 15.3. The van der Waals surface area contributed by atoms with Crippen LogP contribution < -0.4 is 11.0 Å². The number of hydrogen-bond acceptors (Lipinski definition) is 5. The van der Waals surface area contributed by atoms with Crippen LogP contribution in [0.25, 0.3) is 27.9 Å². The van der Waals surface area contributed by atoms with Gasteiger partial charge in [-0.1, -0.05) is 48.5 Å². The minimum Gasteiger partial charge on any atom is -0.317 e. The number of para-hydroxylation sites is 2. The first-order valence-corrected chi connectivity index (χ1v) is 9.10. The highest BCUT2D eigenvalue weighted by atomic mass is 16.1. The number of rotatable bonds is 4. The van der Waals surface area contributed by atoms with E-state index in [1.807, 2.05) is 77.3 Å². The highest BCUT2D eigenvalue weighted by Crippen LogP contribution is 2.23. The molecule has 7 heteroatoms. The number of pyridine rings is 1. The van der Waals surface area contributed by atoms with Crippen molar-refractivity contribution in [2.24, 2.45) is 5.10 Å². The van der Waals surface area contributed by atoms with E-state index < -0.39 is 0 Å². The Morgan fingerprint density at radius 1 is 0.931 bits per heavy atom. The number of hydrogen-bond donors (Lipinski definition) is 2. The lowest BCUT2D eigenvalue weighted by molar-refractivity contribution is 1.15. The van der Waals surface area contributed by atoms with Gasteiger partial charge < -0.3 is 4.98 Å². The van der Waals surface area contributed by atoms with Crippen molar-refractivity contribution < 1.29 is 0 Å². The molecule has 0 radical (unpaired) electrons. The number of fused-ring (bicyclic) bond motifs is 2. The van der Waals surface area contributed by atoms with E-state index in [2.05, 4.69) is 20.5 Å². The molecular weight excluding hydrogens is 364 g/mol. The summed E-state index contributed by atoms with van der Waals surface area (Å²) in [7, 11) is 0. The monoisotopic (exact) mass is 380 g/mol. The number of anilines is 1. The zero-order valence-electron chi connectivity index (χ0n) is 15.3. The molecule has 0 spiro atoms. The maximum atomic E-state index is 12.3. The molecule has 0 amide bonds. The van der Waals surface area contributed by atoms with Gasteiger partial charge in [-0.05, 0) is 24.3 Å². The lowest BCUT2D eigenvalue weighted by atomic mass is 10.1. The molecular formula is C22H16N6O. The van der Waals surface area contributed by atoms with Crippen LogP contribution in [0.3, 0.4) is 0 Å². The first kappa shape index (κ1) is 16.9. The molecule has 3 aromatic heterocycles. The molecule has 29 heavy (non-hydrogen) atoms. The predicted octanol–water partition coefficient (Wildman–Crippen LogP) is 3.68. The predicted molar refractivity (Wildman–Crippen MR) is 114 cm³/mol. The molecule has 0 saturated heterocycles. The average Bonchev–Trinajstić information content (AvgIpc) is 3.13. The molecule has 7 nitrogen and oxygen atoms in total. The number of aromatic nitrogens is 4. The van der Waals surface area contributed by atoms with E-state index in [-0.39, 0.29) is 11.4 Å². The third-order valence-electron chi connectivity index (χ3n) is 4.57. The molecule has 0 atom stereocenters. The number of aromatic amines is 1. The lowest BCUT2D eigenvalue weighted by Gasteiger charge is -2.02. The second-order valence-corrected chi connectivity index (χ2v) is 6.44. The maximum absolute atomic E-state index is 12.3. The van der Waals surface area contributed by atoms with E-state index in [0.29, 0.717) is 11.0 Å². The molecule has 0 unspecified atom stereocenters. The van der Waals surface area contributed by atoms with Crippen LogP contribution in [0, 0.1) is 0 Å². The SMILES string of the molecule is O=c1[nH]c2ccccc2nc1N/N=C/c1c(-c2ccccc2)nc2ccccn12. The maximum Gasteiger partial charge on any atom is 0.293 e. The Bertz CT molecular complexity index is 1400. The Hall–Kier alpha value is -4.26. The quantitative estimate of drug-likeness (QED) is 0.368. The molecule has 3 heterocycles. The number of imidazole rings is 1. The average molecular weight is 380 g/mol. The molecule has 5 aromatic rings. The summed E-state index contributed by atoms with van der Waals surface area (Å²) in [6.07, 6.45) is 3.58. The van der Waals surface area contributed by atoms with Gasteiger partial charge in [-0.15, -0.1) is 0 Å². The van der Waals surface area contributed by atoms with Gasteiger partial charge in [-0.2, -0.15) is 5.10 Å². The molecule has 0 aliphatic carbocycles. The summed E-state index contributed by atoms with van der Waals surface area (Å²) < 4.78 is 1.95. The Morgan fingerprint density at radius 3 is 2.62 bits per heavy atom. The number of benzene rings is 2. The summed E-state index contributed by atoms with van der Waals surface area (Å²) in [5, 5.41) is 4.27. The van der Waals surface area contributed by atoms with Crippen molar-refractivity contribution in [3.63, 3.8) is 0 Å². The number of nitrogens with one attached hydrogen (secondary N) is 2. The van der Waals surface area contributed by atoms with Crippen molar-refractivity contribution in [1.29, 1.82) is 0 Å². The number of hydrazone groups is 1. The van der Waals surface area contributed by atoms with E-state index in [4.69, 9.17) is 4.98 Å². The van der Waals surface area contributed by atoms with Crippen molar-refractivity contribution in [3.8, 4) is 11.3 Å². The van der Waals surface area contributed by atoms with Gasteiger partial charge in [0.2, 0.25) is 5.82 Å². The molecule has 0 fully saturated rings. The van der Waals surface area contributed by atoms with E-state index in [1.54, 1.807) is 12.3 Å². The van der Waals surface area contributed by atoms with Crippen molar-refractivity contribution in [3.05, 3.63) is 95.0 Å². The van der Waals surface area contributed by atoms with Crippen LogP contribution in [0.5, 0.6) is 0 Å². The molecule has 0 bridgehead atoms. The third kappa shape index (κ3) is 3.14. The van der Waals surface area contributed by atoms with Gasteiger partial charge >= 0.3 is 0 Å². The van der Waals surface area contributed by atoms with Crippen LogP contribution in [0.2, 0.25) is 0 Å². The summed E-state index contributed by atoms with van der Waals surface area (Å²) in [5.41, 5.74) is 7.20. The summed E-state index contributed by atoms with van der Waals surface area (Å²) in [6.45, 7) is 0. The Balaban J connectivity index is 1.54. The van der Waals surface area contributed by atoms with E-state index >= 15 is 0 Å². The minimum absolute atomic E-state index is 0.134. The van der Waals surface area contributed by atoms with E-state index in [0.717, 1.165) is 22.6 Å². The van der Waals surface area contributed by atoms with Crippen LogP contribution in [0.15, 0.2) is 88.9 Å². The van der Waals surface area contributed by atoms with Crippen molar-refractivity contribution in [2.45, 2.75) is 0 Å². The Labute approximate surface area is 165 Å². The van der Waals surface area contributed by atoms with Gasteiger partial charge in [0.05, 0.1) is 28.6 Å². The molecule has 2 aromatic carbocycles.